The van der Waals surface area contributed by atoms with Crippen LogP contribution in [0.4, 0.5) is 4.39 Å². The molecule has 3 aromatic rings. The van der Waals surface area contributed by atoms with E-state index in [9.17, 15) is 4.39 Å². The van der Waals surface area contributed by atoms with E-state index in [-0.39, 0.29) is 10.8 Å². The average Bonchev–Trinajstić information content (AvgIpc) is 3.08. The molecule has 0 fully saturated rings. The molecule has 106 valence electrons. The van der Waals surface area contributed by atoms with E-state index in [0.717, 1.165) is 16.3 Å². The molecule has 0 aliphatic heterocycles. The van der Waals surface area contributed by atoms with E-state index in [1.807, 2.05) is 34.3 Å². The molecule has 0 aliphatic rings. The Morgan fingerprint density at radius 3 is 2.95 bits per heavy atom. The highest BCUT2D eigenvalue weighted by Gasteiger charge is 2.09. The van der Waals surface area contributed by atoms with Crippen LogP contribution in [0, 0.1) is 5.82 Å². The Balaban J connectivity index is 1.95. The predicted octanol–water partition coefficient (Wildman–Crippen LogP) is 3.43. The maximum atomic E-state index is 13.7. The number of thiophene rings is 1. The van der Waals surface area contributed by atoms with Crippen LogP contribution in [0.1, 0.15) is 11.1 Å². The zero-order chi connectivity index (χ0) is 14.8. The van der Waals surface area contributed by atoms with Gasteiger partial charge in [0.15, 0.2) is 0 Å². The first-order valence-corrected chi connectivity index (χ1v) is 7.56. The highest BCUT2D eigenvalue weighted by molar-refractivity contribution is 7.80. The van der Waals surface area contributed by atoms with Gasteiger partial charge in [0.05, 0.1) is 4.88 Å². The van der Waals surface area contributed by atoms with Crippen LogP contribution in [0.15, 0.2) is 48.1 Å². The quantitative estimate of drug-likeness (QED) is 0.750. The van der Waals surface area contributed by atoms with Gasteiger partial charge in [0, 0.05) is 24.5 Å². The van der Waals surface area contributed by atoms with Gasteiger partial charge in [0.1, 0.15) is 16.6 Å². The summed E-state index contributed by atoms with van der Waals surface area (Å²) in [5.41, 5.74) is 6.92. The number of benzene rings is 1. The Morgan fingerprint density at radius 1 is 1.38 bits per heavy atom. The molecule has 3 nitrogen and oxygen atoms in total. The van der Waals surface area contributed by atoms with E-state index in [1.54, 1.807) is 17.5 Å². The molecule has 2 N–H and O–H groups in total. The third-order valence-electron chi connectivity index (χ3n) is 3.05. The Labute approximate surface area is 130 Å². The minimum Gasteiger partial charge on any atom is -0.389 e. The number of nitrogens with zero attached hydrogens (tertiary/aromatic N) is 2. The lowest BCUT2D eigenvalue weighted by molar-refractivity contribution is 0.623. The smallest absolute Gasteiger partial charge is 0.150 e. The summed E-state index contributed by atoms with van der Waals surface area (Å²) in [6.07, 6.45) is 3.61. The van der Waals surface area contributed by atoms with Crippen molar-refractivity contribution in [3.05, 3.63) is 65.0 Å². The largest absolute Gasteiger partial charge is 0.389 e. The molecule has 3 rings (SSSR count). The fourth-order valence-electron chi connectivity index (χ4n) is 2.15. The monoisotopic (exact) mass is 317 g/mol. The van der Waals surface area contributed by atoms with Gasteiger partial charge in [-0.15, -0.1) is 11.3 Å². The molecule has 21 heavy (non-hydrogen) atoms. The summed E-state index contributed by atoms with van der Waals surface area (Å²) in [4.78, 5) is 5.63. The zero-order valence-electron chi connectivity index (χ0n) is 11.0. The van der Waals surface area contributed by atoms with Gasteiger partial charge in [0.25, 0.3) is 0 Å². The summed E-state index contributed by atoms with van der Waals surface area (Å²) in [7, 11) is 0. The van der Waals surface area contributed by atoms with E-state index >= 15 is 0 Å². The molecule has 0 atom stereocenters. The van der Waals surface area contributed by atoms with Crippen molar-refractivity contribution in [2.24, 2.45) is 5.73 Å². The fraction of sp³-hybridized carbons (Fsp3) is 0.0667. The second-order valence-corrected chi connectivity index (χ2v) is 5.96. The van der Waals surface area contributed by atoms with Crippen molar-refractivity contribution in [1.29, 1.82) is 0 Å². The molecule has 0 radical (unpaired) electrons. The first-order chi connectivity index (χ1) is 10.1. The highest BCUT2D eigenvalue weighted by atomic mass is 32.1. The van der Waals surface area contributed by atoms with Gasteiger partial charge in [-0.1, -0.05) is 18.3 Å². The van der Waals surface area contributed by atoms with Crippen molar-refractivity contribution >= 4 is 28.5 Å². The minimum absolute atomic E-state index is 0.194. The second kappa shape index (κ2) is 5.75. The summed E-state index contributed by atoms with van der Waals surface area (Å²) in [6.45, 7) is 0.514. The van der Waals surface area contributed by atoms with Crippen LogP contribution in [-0.4, -0.2) is 14.5 Å². The van der Waals surface area contributed by atoms with Gasteiger partial charge >= 0.3 is 0 Å². The van der Waals surface area contributed by atoms with Gasteiger partial charge in [-0.05, 0) is 35.2 Å². The fourth-order valence-corrected chi connectivity index (χ4v) is 3.00. The Morgan fingerprint density at radius 2 is 2.24 bits per heavy atom. The number of halogens is 1. The van der Waals surface area contributed by atoms with Crippen molar-refractivity contribution < 1.29 is 4.39 Å². The molecule has 0 saturated heterocycles. The SMILES string of the molecule is NC(=S)c1cc(F)cc(Cn2ccnc2-c2cccs2)c1. The van der Waals surface area contributed by atoms with Gasteiger partial charge in [-0.3, -0.25) is 0 Å². The zero-order valence-corrected chi connectivity index (χ0v) is 12.6. The summed E-state index contributed by atoms with van der Waals surface area (Å²) < 4.78 is 15.6. The van der Waals surface area contributed by atoms with Gasteiger partial charge in [0.2, 0.25) is 0 Å². The normalized spacial score (nSPS) is 10.7. The molecule has 2 heterocycles. The van der Waals surface area contributed by atoms with Crippen molar-refractivity contribution in [3.63, 3.8) is 0 Å². The molecule has 0 saturated carbocycles. The standard InChI is InChI=1S/C15H12FN3S2/c16-12-7-10(6-11(8-12)14(17)20)9-19-4-3-18-15(19)13-2-1-5-21-13/h1-8H,9H2,(H2,17,20). The van der Waals surface area contributed by atoms with Crippen molar-refractivity contribution in [2.45, 2.75) is 6.54 Å². The van der Waals surface area contributed by atoms with Gasteiger partial charge in [-0.2, -0.15) is 0 Å². The number of imidazole rings is 1. The Kier molecular flexibility index (Phi) is 3.81. The number of hydrogen-bond acceptors (Lipinski definition) is 3. The Hall–Kier alpha value is -2.05. The molecule has 2 aromatic heterocycles. The molecule has 0 amide bonds. The maximum absolute atomic E-state index is 13.7. The Bertz CT molecular complexity index is 778. The van der Waals surface area contributed by atoms with Gasteiger partial charge < -0.3 is 10.3 Å². The lowest BCUT2D eigenvalue weighted by Gasteiger charge is -2.09. The maximum Gasteiger partial charge on any atom is 0.150 e. The molecule has 0 bridgehead atoms. The van der Waals surface area contributed by atoms with Crippen molar-refractivity contribution in [2.75, 3.05) is 0 Å². The number of thiocarbonyl (C=S) groups is 1. The van der Waals surface area contributed by atoms with E-state index < -0.39 is 0 Å². The van der Waals surface area contributed by atoms with E-state index in [4.69, 9.17) is 18.0 Å². The number of rotatable bonds is 4. The van der Waals surface area contributed by atoms with Crippen LogP contribution in [-0.2, 0) is 6.54 Å². The van der Waals surface area contributed by atoms with Crippen LogP contribution in [0.3, 0.4) is 0 Å². The topological polar surface area (TPSA) is 43.8 Å². The summed E-state index contributed by atoms with van der Waals surface area (Å²) >= 11 is 6.53. The molecule has 0 aliphatic carbocycles. The van der Waals surface area contributed by atoms with E-state index in [1.165, 1.54) is 12.1 Å². The first-order valence-electron chi connectivity index (χ1n) is 6.28. The third-order valence-corrected chi connectivity index (χ3v) is 4.15. The second-order valence-electron chi connectivity index (χ2n) is 4.57. The molecule has 0 unspecified atom stereocenters. The summed E-state index contributed by atoms with van der Waals surface area (Å²) in [5, 5.41) is 2.00. The lowest BCUT2D eigenvalue weighted by atomic mass is 10.1. The molecule has 1 aromatic carbocycles. The number of aromatic nitrogens is 2. The molecular formula is C15H12FN3S2. The number of hydrogen-bond donors (Lipinski definition) is 1. The lowest BCUT2D eigenvalue weighted by Crippen LogP contribution is -2.11. The van der Waals surface area contributed by atoms with Gasteiger partial charge in [-0.25, -0.2) is 9.37 Å². The van der Waals surface area contributed by atoms with Crippen molar-refractivity contribution in [1.82, 2.24) is 9.55 Å². The summed E-state index contributed by atoms with van der Waals surface area (Å²) in [5.74, 6) is 0.527. The van der Waals surface area contributed by atoms with E-state index in [0.29, 0.717) is 12.1 Å². The van der Waals surface area contributed by atoms with Crippen LogP contribution >= 0.6 is 23.6 Å². The van der Waals surface area contributed by atoms with Crippen molar-refractivity contribution in [3.8, 4) is 10.7 Å². The first kappa shape index (κ1) is 13.9. The predicted molar refractivity (Wildman–Crippen MR) is 86.9 cm³/mol. The molecule has 0 spiro atoms. The summed E-state index contributed by atoms with van der Waals surface area (Å²) in [6, 6.07) is 8.63. The van der Waals surface area contributed by atoms with Crippen LogP contribution in [0.2, 0.25) is 0 Å². The number of nitrogens with two attached hydrogens (primary N) is 1. The van der Waals surface area contributed by atoms with Crippen LogP contribution in [0.25, 0.3) is 10.7 Å². The van der Waals surface area contributed by atoms with E-state index in [2.05, 4.69) is 4.98 Å². The molecular weight excluding hydrogens is 305 g/mol. The third kappa shape index (κ3) is 3.01. The molecule has 6 heteroatoms. The highest BCUT2D eigenvalue weighted by Crippen LogP contribution is 2.23. The average molecular weight is 317 g/mol. The minimum atomic E-state index is -0.340. The van der Waals surface area contributed by atoms with Crippen LogP contribution < -0.4 is 5.73 Å². The van der Waals surface area contributed by atoms with Crippen LogP contribution in [0.5, 0.6) is 0 Å².